The standard InChI is InChI=1S/C16H16N4/c1-11-9-19-15(10-18-11)16(20-17)14-7-6-12-4-2-3-5-13(12)8-14/h2-10,16,20H,17H2,1H3. The van der Waals surface area contributed by atoms with Crippen molar-refractivity contribution in [3.63, 3.8) is 0 Å². The van der Waals surface area contributed by atoms with E-state index in [1.165, 1.54) is 10.8 Å². The van der Waals surface area contributed by atoms with Gasteiger partial charge < -0.3 is 0 Å². The molecule has 0 spiro atoms. The third-order valence-electron chi connectivity index (χ3n) is 3.37. The predicted octanol–water partition coefficient (Wildman–Crippen LogP) is 2.49. The van der Waals surface area contributed by atoms with Gasteiger partial charge in [0.2, 0.25) is 0 Å². The topological polar surface area (TPSA) is 63.8 Å². The molecule has 0 aliphatic carbocycles. The summed E-state index contributed by atoms with van der Waals surface area (Å²) in [5.41, 5.74) is 5.59. The fraction of sp³-hybridized carbons (Fsp3) is 0.125. The molecule has 3 N–H and O–H groups in total. The van der Waals surface area contributed by atoms with Crippen LogP contribution in [0.5, 0.6) is 0 Å². The van der Waals surface area contributed by atoms with Gasteiger partial charge in [-0.1, -0.05) is 36.4 Å². The Bertz CT molecular complexity index is 722. The van der Waals surface area contributed by atoms with Crippen LogP contribution in [0.4, 0.5) is 0 Å². The number of hydrogen-bond donors (Lipinski definition) is 2. The van der Waals surface area contributed by atoms with E-state index in [1.807, 2.05) is 19.1 Å². The van der Waals surface area contributed by atoms with Gasteiger partial charge in [-0.15, -0.1) is 0 Å². The summed E-state index contributed by atoms with van der Waals surface area (Å²) in [4.78, 5) is 8.68. The van der Waals surface area contributed by atoms with Crippen LogP contribution in [0.25, 0.3) is 10.8 Å². The van der Waals surface area contributed by atoms with Gasteiger partial charge in [0.05, 0.1) is 23.6 Å². The lowest BCUT2D eigenvalue weighted by Gasteiger charge is -2.16. The Balaban J connectivity index is 2.04. The van der Waals surface area contributed by atoms with Gasteiger partial charge in [0, 0.05) is 6.20 Å². The number of benzene rings is 2. The van der Waals surface area contributed by atoms with Crippen LogP contribution in [0.1, 0.15) is 23.0 Å². The van der Waals surface area contributed by atoms with Crippen molar-refractivity contribution < 1.29 is 0 Å². The fourth-order valence-corrected chi connectivity index (χ4v) is 2.29. The van der Waals surface area contributed by atoms with E-state index < -0.39 is 0 Å². The summed E-state index contributed by atoms with van der Waals surface area (Å²) in [6.45, 7) is 1.91. The number of fused-ring (bicyclic) bond motifs is 1. The minimum atomic E-state index is -0.160. The van der Waals surface area contributed by atoms with Crippen molar-refractivity contribution in [3.8, 4) is 0 Å². The van der Waals surface area contributed by atoms with Crippen LogP contribution in [0.3, 0.4) is 0 Å². The second kappa shape index (κ2) is 5.36. The number of aryl methyl sites for hydroxylation is 1. The number of hydrogen-bond acceptors (Lipinski definition) is 4. The summed E-state index contributed by atoms with van der Waals surface area (Å²) < 4.78 is 0. The molecule has 2 aromatic carbocycles. The first-order valence-corrected chi connectivity index (χ1v) is 6.51. The van der Waals surface area contributed by atoms with E-state index in [0.29, 0.717) is 0 Å². The van der Waals surface area contributed by atoms with E-state index in [1.54, 1.807) is 12.4 Å². The minimum absolute atomic E-state index is 0.160. The molecule has 1 aromatic heterocycles. The van der Waals surface area contributed by atoms with Gasteiger partial charge in [-0.25, -0.2) is 5.43 Å². The molecule has 0 bridgehead atoms. The summed E-state index contributed by atoms with van der Waals surface area (Å²) in [5, 5.41) is 2.40. The highest BCUT2D eigenvalue weighted by Gasteiger charge is 2.14. The molecular formula is C16H16N4. The molecule has 20 heavy (non-hydrogen) atoms. The average Bonchev–Trinajstić information content (AvgIpc) is 2.50. The molecule has 0 fully saturated rings. The Morgan fingerprint density at radius 2 is 1.80 bits per heavy atom. The summed E-state index contributed by atoms with van der Waals surface area (Å²) in [6, 6.07) is 14.4. The van der Waals surface area contributed by atoms with Gasteiger partial charge in [-0.05, 0) is 29.3 Å². The maximum absolute atomic E-state index is 5.70. The molecular weight excluding hydrogens is 248 g/mol. The lowest BCUT2D eigenvalue weighted by Crippen LogP contribution is -2.29. The zero-order valence-corrected chi connectivity index (χ0v) is 11.2. The molecule has 1 heterocycles. The highest BCUT2D eigenvalue weighted by molar-refractivity contribution is 5.83. The third kappa shape index (κ3) is 2.39. The molecule has 3 aromatic rings. The molecule has 0 radical (unpaired) electrons. The molecule has 1 atom stereocenters. The third-order valence-corrected chi connectivity index (χ3v) is 3.37. The monoisotopic (exact) mass is 264 g/mol. The maximum atomic E-state index is 5.70. The Labute approximate surface area is 117 Å². The number of nitrogens with two attached hydrogens (primary N) is 1. The minimum Gasteiger partial charge on any atom is -0.271 e. The van der Waals surface area contributed by atoms with Crippen LogP contribution in [0.2, 0.25) is 0 Å². The van der Waals surface area contributed by atoms with Crippen LogP contribution in [-0.2, 0) is 0 Å². The van der Waals surface area contributed by atoms with Crippen LogP contribution < -0.4 is 11.3 Å². The predicted molar refractivity (Wildman–Crippen MR) is 79.9 cm³/mol. The van der Waals surface area contributed by atoms with Crippen LogP contribution in [-0.4, -0.2) is 9.97 Å². The highest BCUT2D eigenvalue weighted by Crippen LogP contribution is 2.23. The van der Waals surface area contributed by atoms with Crippen LogP contribution in [0, 0.1) is 6.92 Å². The fourth-order valence-electron chi connectivity index (χ4n) is 2.29. The number of hydrazine groups is 1. The van der Waals surface area contributed by atoms with Crippen molar-refractivity contribution in [3.05, 3.63) is 71.8 Å². The van der Waals surface area contributed by atoms with Crippen molar-refractivity contribution >= 4 is 10.8 Å². The first kappa shape index (κ1) is 12.7. The van der Waals surface area contributed by atoms with Gasteiger partial charge in [0.1, 0.15) is 0 Å². The highest BCUT2D eigenvalue weighted by atomic mass is 15.2. The van der Waals surface area contributed by atoms with Crippen molar-refractivity contribution in [2.45, 2.75) is 13.0 Å². The summed E-state index contributed by atoms with van der Waals surface area (Å²) >= 11 is 0. The van der Waals surface area contributed by atoms with E-state index >= 15 is 0 Å². The smallest absolute Gasteiger partial charge is 0.0897 e. The zero-order chi connectivity index (χ0) is 13.9. The molecule has 0 aliphatic rings. The van der Waals surface area contributed by atoms with Gasteiger partial charge in [0.15, 0.2) is 0 Å². The molecule has 4 heteroatoms. The van der Waals surface area contributed by atoms with Crippen LogP contribution >= 0.6 is 0 Å². The van der Waals surface area contributed by atoms with E-state index in [9.17, 15) is 0 Å². The van der Waals surface area contributed by atoms with Crippen molar-refractivity contribution in [2.24, 2.45) is 5.84 Å². The van der Waals surface area contributed by atoms with Gasteiger partial charge >= 0.3 is 0 Å². The second-order valence-electron chi connectivity index (χ2n) is 4.79. The number of nitrogens with one attached hydrogen (secondary N) is 1. The quantitative estimate of drug-likeness (QED) is 0.563. The number of aromatic nitrogens is 2. The van der Waals surface area contributed by atoms with Gasteiger partial charge in [-0.2, -0.15) is 0 Å². The van der Waals surface area contributed by atoms with E-state index in [2.05, 4.69) is 45.7 Å². The first-order valence-electron chi connectivity index (χ1n) is 6.51. The molecule has 4 nitrogen and oxygen atoms in total. The molecule has 1 unspecified atom stereocenters. The van der Waals surface area contributed by atoms with Crippen molar-refractivity contribution in [1.29, 1.82) is 0 Å². The van der Waals surface area contributed by atoms with Gasteiger partial charge in [0.25, 0.3) is 0 Å². The molecule has 0 aliphatic heterocycles. The molecule has 0 saturated heterocycles. The van der Waals surface area contributed by atoms with Crippen molar-refractivity contribution in [2.75, 3.05) is 0 Å². The Kier molecular flexibility index (Phi) is 3.41. The van der Waals surface area contributed by atoms with E-state index in [-0.39, 0.29) is 6.04 Å². The molecule has 0 amide bonds. The lowest BCUT2D eigenvalue weighted by molar-refractivity contribution is 0.617. The first-order chi connectivity index (χ1) is 9.78. The molecule has 100 valence electrons. The van der Waals surface area contributed by atoms with Crippen molar-refractivity contribution in [1.82, 2.24) is 15.4 Å². The van der Waals surface area contributed by atoms with Crippen LogP contribution in [0.15, 0.2) is 54.9 Å². The number of nitrogens with zero attached hydrogens (tertiary/aromatic N) is 2. The molecule has 0 saturated carbocycles. The lowest BCUT2D eigenvalue weighted by atomic mass is 10.0. The summed E-state index contributed by atoms with van der Waals surface area (Å²) in [6.07, 6.45) is 3.51. The maximum Gasteiger partial charge on any atom is 0.0897 e. The Morgan fingerprint density at radius 1 is 1.00 bits per heavy atom. The number of rotatable bonds is 3. The molecule has 3 rings (SSSR count). The second-order valence-corrected chi connectivity index (χ2v) is 4.79. The Morgan fingerprint density at radius 3 is 2.50 bits per heavy atom. The SMILES string of the molecule is Cc1cnc(C(NN)c2ccc3ccccc3c2)cn1. The van der Waals surface area contributed by atoms with Gasteiger partial charge in [-0.3, -0.25) is 15.8 Å². The normalized spacial score (nSPS) is 12.5. The Hall–Kier alpha value is -2.30. The van der Waals surface area contributed by atoms with E-state index in [0.717, 1.165) is 17.0 Å². The van der Waals surface area contributed by atoms with E-state index in [4.69, 9.17) is 5.84 Å². The summed E-state index contributed by atoms with van der Waals surface area (Å²) in [7, 11) is 0. The largest absolute Gasteiger partial charge is 0.271 e. The summed E-state index contributed by atoms with van der Waals surface area (Å²) in [5.74, 6) is 5.70. The zero-order valence-electron chi connectivity index (χ0n) is 11.2. The average molecular weight is 264 g/mol.